The third-order valence-corrected chi connectivity index (χ3v) is 3.61. The average Bonchev–Trinajstić information content (AvgIpc) is 3.05. The lowest BCUT2D eigenvalue weighted by atomic mass is 10.1. The van der Waals surface area contributed by atoms with Crippen LogP contribution >= 0.6 is 23.2 Å². The first-order valence-corrected chi connectivity index (χ1v) is 7.11. The maximum atomic E-state index is 11.2. The SMILES string of the molecule is O=C(O)c1nccnc1Nc1c(Cl)cc(-c2cn[nH]c2)cc1Cl. The average molecular weight is 350 g/mol. The Kier molecular flexibility index (Phi) is 4.14. The van der Waals surface area contributed by atoms with E-state index in [0.29, 0.717) is 15.7 Å². The number of nitrogens with one attached hydrogen (secondary N) is 2. The van der Waals surface area contributed by atoms with Crippen LogP contribution in [0.2, 0.25) is 10.0 Å². The number of rotatable bonds is 4. The summed E-state index contributed by atoms with van der Waals surface area (Å²) in [5.41, 5.74) is 1.73. The van der Waals surface area contributed by atoms with Gasteiger partial charge in [-0.3, -0.25) is 5.10 Å². The molecule has 0 fully saturated rings. The molecule has 0 spiro atoms. The summed E-state index contributed by atoms with van der Waals surface area (Å²) in [6.45, 7) is 0. The molecule has 23 heavy (non-hydrogen) atoms. The van der Waals surface area contributed by atoms with Gasteiger partial charge in [-0.1, -0.05) is 23.2 Å². The molecule has 0 aliphatic rings. The van der Waals surface area contributed by atoms with Crippen molar-refractivity contribution in [1.29, 1.82) is 0 Å². The largest absolute Gasteiger partial charge is 0.476 e. The number of carboxylic acids is 1. The van der Waals surface area contributed by atoms with E-state index < -0.39 is 5.97 Å². The molecule has 3 aromatic rings. The van der Waals surface area contributed by atoms with Crippen LogP contribution < -0.4 is 5.32 Å². The van der Waals surface area contributed by atoms with Gasteiger partial charge in [0.15, 0.2) is 11.5 Å². The molecule has 0 saturated heterocycles. The molecule has 3 N–H and O–H groups in total. The first-order chi connectivity index (χ1) is 11.1. The molecular weight excluding hydrogens is 341 g/mol. The molecule has 1 aromatic carbocycles. The summed E-state index contributed by atoms with van der Waals surface area (Å²) in [6, 6.07) is 3.38. The van der Waals surface area contributed by atoms with Gasteiger partial charge in [0.1, 0.15) is 0 Å². The van der Waals surface area contributed by atoms with Crippen molar-refractivity contribution in [3.05, 3.63) is 52.7 Å². The van der Waals surface area contributed by atoms with Crippen LogP contribution in [0.3, 0.4) is 0 Å². The lowest BCUT2D eigenvalue weighted by molar-refractivity contribution is 0.0691. The van der Waals surface area contributed by atoms with Gasteiger partial charge in [0.05, 0.1) is 21.9 Å². The number of aromatic nitrogens is 4. The highest BCUT2D eigenvalue weighted by atomic mass is 35.5. The normalized spacial score (nSPS) is 10.5. The summed E-state index contributed by atoms with van der Waals surface area (Å²) in [6.07, 6.45) is 6.01. The fourth-order valence-electron chi connectivity index (χ4n) is 1.97. The molecule has 3 rings (SSSR count). The monoisotopic (exact) mass is 349 g/mol. The van der Waals surface area contributed by atoms with E-state index in [2.05, 4.69) is 25.5 Å². The minimum Gasteiger partial charge on any atom is -0.476 e. The van der Waals surface area contributed by atoms with Crippen molar-refractivity contribution in [1.82, 2.24) is 20.2 Å². The molecule has 2 aromatic heterocycles. The second-order valence-electron chi connectivity index (χ2n) is 4.49. The number of benzene rings is 1. The van der Waals surface area contributed by atoms with Crippen LogP contribution in [0.5, 0.6) is 0 Å². The second kappa shape index (κ2) is 6.23. The molecule has 2 heterocycles. The Morgan fingerprint density at radius 1 is 1.13 bits per heavy atom. The van der Waals surface area contributed by atoms with E-state index in [1.54, 1.807) is 24.5 Å². The maximum Gasteiger partial charge on any atom is 0.358 e. The molecule has 0 aliphatic heterocycles. The lowest BCUT2D eigenvalue weighted by Gasteiger charge is -2.12. The maximum absolute atomic E-state index is 11.2. The molecule has 0 atom stereocenters. The predicted molar refractivity (Wildman–Crippen MR) is 86.3 cm³/mol. The first kappa shape index (κ1) is 15.3. The fourth-order valence-corrected chi connectivity index (χ4v) is 2.55. The fraction of sp³-hybridized carbons (Fsp3) is 0. The summed E-state index contributed by atoms with van der Waals surface area (Å²) < 4.78 is 0. The number of halogens is 2. The summed E-state index contributed by atoms with van der Waals surface area (Å²) in [5, 5.41) is 19.2. The molecule has 0 aliphatic carbocycles. The van der Waals surface area contributed by atoms with Crippen molar-refractivity contribution < 1.29 is 9.90 Å². The van der Waals surface area contributed by atoms with Crippen LogP contribution in [0, 0.1) is 0 Å². The number of H-pyrrole nitrogens is 1. The van der Waals surface area contributed by atoms with E-state index in [9.17, 15) is 4.79 Å². The van der Waals surface area contributed by atoms with Crippen molar-refractivity contribution in [3.8, 4) is 11.1 Å². The Hall–Kier alpha value is -2.64. The molecule has 0 saturated carbocycles. The highest BCUT2D eigenvalue weighted by Gasteiger charge is 2.16. The van der Waals surface area contributed by atoms with E-state index in [1.807, 2.05) is 0 Å². The summed E-state index contributed by atoms with van der Waals surface area (Å²) in [5.74, 6) is -1.15. The molecule has 116 valence electrons. The first-order valence-electron chi connectivity index (χ1n) is 6.36. The van der Waals surface area contributed by atoms with Gasteiger partial charge in [0.2, 0.25) is 0 Å². The number of carboxylic acid groups (broad SMARTS) is 1. The van der Waals surface area contributed by atoms with Crippen LogP contribution in [0.25, 0.3) is 11.1 Å². The van der Waals surface area contributed by atoms with Gasteiger partial charge in [0, 0.05) is 24.2 Å². The minimum atomic E-state index is -1.21. The number of nitrogens with zero attached hydrogens (tertiary/aromatic N) is 3. The van der Waals surface area contributed by atoms with E-state index >= 15 is 0 Å². The molecule has 9 heteroatoms. The van der Waals surface area contributed by atoms with E-state index in [-0.39, 0.29) is 11.5 Å². The summed E-state index contributed by atoms with van der Waals surface area (Å²) in [4.78, 5) is 18.9. The Morgan fingerprint density at radius 3 is 2.43 bits per heavy atom. The Labute approximate surface area is 140 Å². The highest BCUT2D eigenvalue weighted by Crippen LogP contribution is 2.37. The van der Waals surface area contributed by atoms with E-state index in [1.165, 1.54) is 12.4 Å². The number of anilines is 2. The van der Waals surface area contributed by atoms with Gasteiger partial charge in [-0.2, -0.15) is 5.10 Å². The number of hydrogen-bond donors (Lipinski definition) is 3. The second-order valence-corrected chi connectivity index (χ2v) is 5.30. The molecule has 0 unspecified atom stereocenters. The zero-order valence-corrected chi connectivity index (χ0v) is 12.9. The van der Waals surface area contributed by atoms with Gasteiger partial charge < -0.3 is 10.4 Å². The van der Waals surface area contributed by atoms with E-state index in [0.717, 1.165) is 11.1 Å². The zero-order chi connectivity index (χ0) is 16.4. The lowest BCUT2D eigenvalue weighted by Crippen LogP contribution is -2.07. The van der Waals surface area contributed by atoms with Crippen molar-refractivity contribution in [2.24, 2.45) is 0 Å². The molecular formula is C14H9Cl2N5O2. The van der Waals surface area contributed by atoms with Crippen LogP contribution in [0.4, 0.5) is 11.5 Å². The van der Waals surface area contributed by atoms with Gasteiger partial charge in [-0.25, -0.2) is 14.8 Å². The minimum absolute atomic E-state index is 0.0554. The van der Waals surface area contributed by atoms with Crippen molar-refractivity contribution in [2.45, 2.75) is 0 Å². The third kappa shape index (κ3) is 3.10. The number of carbonyl (C=O) groups is 1. The van der Waals surface area contributed by atoms with Gasteiger partial charge in [-0.05, 0) is 17.7 Å². The molecule has 0 radical (unpaired) electrons. The van der Waals surface area contributed by atoms with Crippen molar-refractivity contribution >= 4 is 40.7 Å². The smallest absolute Gasteiger partial charge is 0.358 e. The van der Waals surface area contributed by atoms with Crippen molar-refractivity contribution in [2.75, 3.05) is 5.32 Å². The van der Waals surface area contributed by atoms with Gasteiger partial charge >= 0.3 is 5.97 Å². The Bertz CT molecular complexity index is 844. The summed E-state index contributed by atoms with van der Waals surface area (Å²) in [7, 11) is 0. The molecule has 0 bridgehead atoms. The molecule has 0 amide bonds. The molecule has 7 nitrogen and oxygen atoms in total. The number of aromatic carboxylic acids is 1. The van der Waals surface area contributed by atoms with Gasteiger partial charge in [0.25, 0.3) is 0 Å². The summed E-state index contributed by atoms with van der Waals surface area (Å²) >= 11 is 12.5. The highest BCUT2D eigenvalue weighted by molar-refractivity contribution is 6.39. The van der Waals surface area contributed by atoms with Crippen LogP contribution in [-0.4, -0.2) is 31.2 Å². The van der Waals surface area contributed by atoms with E-state index in [4.69, 9.17) is 28.3 Å². The quantitative estimate of drug-likeness (QED) is 0.664. The standard InChI is InChI=1S/C14H9Cl2N5O2/c15-9-3-7(8-5-19-20-6-8)4-10(16)11(9)21-13-12(14(22)23)17-1-2-18-13/h1-6H,(H,18,21)(H,19,20)(H,22,23). The Morgan fingerprint density at radius 2 is 1.83 bits per heavy atom. The van der Waals surface area contributed by atoms with Crippen LogP contribution in [0.1, 0.15) is 10.5 Å². The number of hydrogen-bond acceptors (Lipinski definition) is 5. The topological polar surface area (TPSA) is 104 Å². The van der Waals surface area contributed by atoms with Gasteiger partial charge in [-0.15, -0.1) is 0 Å². The number of aromatic amines is 1. The van der Waals surface area contributed by atoms with Crippen molar-refractivity contribution in [3.63, 3.8) is 0 Å². The van der Waals surface area contributed by atoms with Crippen LogP contribution in [-0.2, 0) is 0 Å². The predicted octanol–water partition coefficient (Wildman–Crippen LogP) is 3.62. The Balaban J connectivity index is 2.00. The zero-order valence-electron chi connectivity index (χ0n) is 11.4. The van der Waals surface area contributed by atoms with Crippen LogP contribution in [0.15, 0.2) is 36.9 Å². The third-order valence-electron chi connectivity index (χ3n) is 3.02.